The molecule has 0 bridgehead atoms. The van der Waals surface area contributed by atoms with Crippen molar-refractivity contribution < 1.29 is 14.3 Å². The van der Waals surface area contributed by atoms with Crippen molar-refractivity contribution in [3.63, 3.8) is 0 Å². The minimum atomic E-state index is -0.568. The first-order valence-corrected chi connectivity index (χ1v) is 7.45. The van der Waals surface area contributed by atoms with Crippen LogP contribution in [-0.2, 0) is 14.3 Å². The van der Waals surface area contributed by atoms with Gasteiger partial charge in [0.25, 0.3) is 0 Å². The number of unbranched alkanes of at least 4 members (excludes halogenated alkanes) is 1. The van der Waals surface area contributed by atoms with Crippen molar-refractivity contribution in [2.24, 2.45) is 0 Å². The molecule has 0 aromatic rings. The van der Waals surface area contributed by atoms with Crippen LogP contribution in [0, 0.1) is 0 Å². The van der Waals surface area contributed by atoms with E-state index in [1.54, 1.807) is 0 Å². The lowest BCUT2D eigenvalue weighted by atomic mass is 9.94. The van der Waals surface area contributed by atoms with Gasteiger partial charge in [-0.05, 0) is 52.5 Å². The Morgan fingerprint density at radius 2 is 2.00 bits per heavy atom. The maximum Gasteiger partial charge on any atom is 0.325 e. The lowest BCUT2D eigenvalue weighted by molar-refractivity contribution is -0.148. The largest absolute Gasteiger partial charge is 0.468 e. The van der Waals surface area contributed by atoms with E-state index in [-0.39, 0.29) is 5.97 Å². The zero-order chi connectivity index (χ0) is 14.7. The van der Waals surface area contributed by atoms with E-state index >= 15 is 0 Å². The fourth-order valence-corrected chi connectivity index (χ4v) is 1.87. The van der Waals surface area contributed by atoms with Gasteiger partial charge in [0.05, 0.1) is 13.2 Å². The molecular weight excluding hydrogens is 242 g/mol. The number of hydrogen-bond acceptors (Lipinski definition) is 4. The number of methoxy groups -OCH3 is 1. The summed E-state index contributed by atoms with van der Waals surface area (Å²) in [5.74, 6) is -0.177. The second-order valence-corrected chi connectivity index (χ2v) is 5.30. The third-order valence-electron chi connectivity index (χ3n) is 3.45. The minimum absolute atomic E-state index is 0.177. The molecule has 0 aromatic carbocycles. The highest BCUT2D eigenvalue weighted by atomic mass is 16.5. The van der Waals surface area contributed by atoms with E-state index in [0.717, 1.165) is 45.3 Å². The summed E-state index contributed by atoms with van der Waals surface area (Å²) in [5.41, 5.74) is -0.568. The van der Waals surface area contributed by atoms with Gasteiger partial charge in [-0.2, -0.15) is 0 Å². The minimum Gasteiger partial charge on any atom is -0.468 e. The van der Waals surface area contributed by atoms with Crippen molar-refractivity contribution in [3.05, 3.63) is 0 Å². The first kappa shape index (κ1) is 18.4. The molecule has 0 saturated carbocycles. The van der Waals surface area contributed by atoms with Gasteiger partial charge in [0.15, 0.2) is 0 Å². The van der Waals surface area contributed by atoms with E-state index in [9.17, 15) is 4.79 Å². The zero-order valence-corrected chi connectivity index (χ0v) is 13.3. The van der Waals surface area contributed by atoms with Crippen LogP contribution in [0.25, 0.3) is 0 Å². The summed E-state index contributed by atoms with van der Waals surface area (Å²) in [4.78, 5) is 11.8. The van der Waals surface area contributed by atoms with E-state index in [2.05, 4.69) is 26.1 Å². The van der Waals surface area contributed by atoms with Crippen LogP contribution in [0.1, 0.15) is 59.8 Å². The number of rotatable bonds is 11. The van der Waals surface area contributed by atoms with Gasteiger partial charge in [0.1, 0.15) is 5.54 Å². The van der Waals surface area contributed by atoms with E-state index in [0.29, 0.717) is 6.10 Å². The number of hydrogen-bond donors (Lipinski definition) is 1. The van der Waals surface area contributed by atoms with Gasteiger partial charge in [-0.3, -0.25) is 4.79 Å². The van der Waals surface area contributed by atoms with Crippen LogP contribution >= 0.6 is 0 Å². The van der Waals surface area contributed by atoms with E-state index in [4.69, 9.17) is 9.47 Å². The van der Waals surface area contributed by atoms with Crippen molar-refractivity contribution in [1.82, 2.24) is 5.32 Å². The van der Waals surface area contributed by atoms with E-state index < -0.39 is 5.54 Å². The Hall–Kier alpha value is -0.610. The average molecular weight is 273 g/mol. The molecule has 0 fully saturated rings. The second-order valence-electron chi connectivity index (χ2n) is 5.30. The lowest BCUT2D eigenvalue weighted by Gasteiger charge is -2.28. The maximum absolute atomic E-state index is 11.8. The number of esters is 1. The predicted molar refractivity (Wildman–Crippen MR) is 78.3 cm³/mol. The summed E-state index contributed by atoms with van der Waals surface area (Å²) in [6.45, 7) is 9.80. The summed E-state index contributed by atoms with van der Waals surface area (Å²) in [6.07, 6.45) is 5.08. The Morgan fingerprint density at radius 3 is 2.53 bits per heavy atom. The first-order chi connectivity index (χ1) is 9.00. The van der Waals surface area contributed by atoms with Crippen LogP contribution in [0.15, 0.2) is 0 Å². The van der Waals surface area contributed by atoms with Crippen LogP contribution in [0.2, 0.25) is 0 Å². The third-order valence-corrected chi connectivity index (χ3v) is 3.45. The van der Waals surface area contributed by atoms with Crippen molar-refractivity contribution in [2.45, 2.75) is 71.4 Å². The average Bonchev–Trinajstić information content (AvgIpc) is 2.43. The molecule has 0 aliphatic heterocycles. The molecule has 0 radical (unpaired) electrons. The van der Waals surface area contributed by atoms with Crippen LogP contribution in [0.4, 0.5) is 0 Å². The molecule has 1 N–H and O–H groups in total. The predicted octanol–water partition coefficient (Wildman–Crippen LogP) is 2.90. The van der Waals surface area contributed by atoms with E-state index in [1.807, 2.05) is 6.92 Å². The summed E-state index contributed by atoms with van der Waals surface area (Å²) in [7, 11) is 1.44. The lowest BCUT2D eigenvalue weighted by Crippen LogP contribution is -2.50. The quantitative estimate of drug-likeness (QED) is 0.464. The Labute approximate surface area is 118 Å². The zero-order valence-electron chi connectivity index (χ0n) is 13.3. The molecule has 2 atom stereocenters. The van der Waals surface area contributed by atoms with E-state index in [1.165, 1.54) is 7.11 Å². The normalized spacial score (nSPS) is 15.8. The van der Waals surface area contributed by atoms with Gasteiger partial charge in [0.2, 0.25) is 0 Å². The standard InChI is InChI=1S/C15H31NO3/c1-6-11-16-15(4,14(17)18-5)10-8-9-12-19-13(3)7-2/h13,16H,6-12H2,1-5H3. The molecule has 0 amide bonds. The van der Waals surface area contributed by atoms with Gasteiger partial charge < -0.3 is 14.8 Å². The first-order valence-electron chi connectivity index (χ1n) is 7.45. The summed E-state index contributed by atoms with van der Waals surface area (Å²) >= 11 is 0. The third kappa shape index (κ3) is 7.53. The molecule has 2 unspecified atom stereocenters. The molecular formula is C15H31NO3. The second kappa shape index (κ2) is 10.2. The van der Waals surface area contributed by atoms with Gasteiger partial charge in [-0.25, -0.2) is 0 Å². The van der Waals surface area contributed by atoms with Crippen molar-refractivity contribution in [1.29, 1.82) is 0 Å². The van der Waals surface area contributed by atoms with Crippen LogP contribution in [0.5, 0.6) is 0 Å². The Balaban J connectivity index is 4.02. The fourth-order valence-electron chi connectivity index (χ4n) is 1.87. The highest BCUT2D eigenvalue weighted by Gasteiger charge is 2.32. The monoisotopic (exact) mass is 273 g/mol. The van der Waals surface area contributed by atoms with Crippen LogP contribution < -0.4 is 5.32 Å². The van der Waals surface area contributed by atoms with Crippen LogP contribution in [0.3, 0.4) is 0 Å². The molecule has 0 heterocycles. The molecule has 4 nitrogen and oxygen atoms in total. The molecule has 0 aromatic heterocycles. The fraction of sp³-hybridized carbons (Fsp3) is 0.933. The number of nitrogens with one attached hydrogen (secondary N) is 1. The Bertz CT molecular complexity index is 246. The van der Waals surface area contributed by atoms with Gasteiger partial charge >= 0.3 is 5.97 Å². The molecule has 114 valence electrons. The maximum atomic E-state index is 11.8. The van der Waals surface area contributed by atoms with Gasteiger partial charge in [-0.1, -0.05) is 13.8 Å². The topological polar surface area (TPSA) is 47.6 Å². The summed E-state index contributed by atoms with van der Waals surface area (Å²) in [5, 5.41) is 3.29. The SMILES string of the molecule is CCCNC(C)(CCCCOC(C)CC)C(=O)OC. The van der Waals surface area contributed by atoms with Gasteiger partial charge in [-0.15, -0.1) is 0 Å². The summed E-state index contributed by atoms with van der Waals surface area (Å²) in [6, 6.07) is 0. The molecule has 19 heavy (non-hydrogen) atoms. The van der Waals surface area contributed by atoms with Crippen molar-refractivity contribution >= 4 is 5.97 Å². The summed E-state index contributed by atoms with van der Waals surface area (Å²) < 4.78 is 10.5. The number of carbonyl (C=O) groups is 1. The molecule has 0 rings (SSSR count). The molecule has 4 heteroatoms. The van der Waals surface area contributed by atoms with Crippen molar-refractivity contribution in [2.75, 3.05) is 20.3 Å². The Morgan fingerprint density at radius 1 is 1.32 bits per heavy atom. The Kier molecular flexibility index (Phi) is 9.88. The van der Waals surface area contributed by atoms with Crippen molar-refractivity contribution in [3.8, 4) is 0 Å². The highest BCUT2D eigenvalue weighted by molar-refractivity contribution is 5.80. The highest BCUT2D eigenvalue weighted by Crippen LogP contribution is 2.16. The molecule has 0 spiro atoms. The molecule has 0 saturated heterocycles. The van der Waals surface area contributed by atoms with Gasteiger partial charge in [0, 0.05) is 6.61 Å². The number of carbonyl (C=O) groups excluding carboxylic acids is 1. The smallest absolute Gasteiger partial charge is 0.325 e. The molecule has 0 aliphatic rings. The van der Waals surface area contributed by atoms with Crippen LogP contribution in [-0.4, -0.2) is 37.9 Å². The number of ether oxygens (including phenoxy) is 2. The molecule has 0 aliphatic carbocycles.